The lowest BCUT2D eigenvalue weighted by Crippen LogP contribution is -1.98. The summed E-state index contributed by atoms with van der Waals surface area (Å²) < 4.78 is 1.88. The van der Waals surface area contributed by atoms with E-state index in [1.807, 2.05) is 25.5 Å². The minimum Gasteiger partial charge on any atom is -0.268 e. The van der Waals surface area contributed by atoms with Crippen molar-refractivity contribution in [2.45, 2.75) is 27.3 Å². The molecule has 0 saturated heterocycles. The molecule has 2 nitrogen and oxygen atoms in total. The fourth-order valence-corrected chi connectivity index (χ4v) is 1.40. The van der Waals surface area contributed by atoms with Crippen LogP contribution in [0, 0.1) is 6.92 Å². The second-order valence-electron chi connectivity index (χ2n) is 2.84. The van der Waals surface area contributed by atoms with Gasteiger partial charge in [-0.25, -0.2) is 0 Å². The minimum atomic E-state index is 0.726. The van der Waals surface area contributed by atoms with Crippen LogP contribution in [-0.2, 0) is 6.54 Å². The molecule has 0 aliphatic rings. The Hall–Kier alpha value is -0.760. The number of aryl methyl sites for hydroxylation is 1. The van der Waals surface area contributed by atoms with Crippen LogP contribution >= 0.6 is 11.6 Å². The highest BCUT2D eigenvalue weighted by Crippen LogP contribution is 2.24. The van der Waals surface area contributed by atoms with E-state index in [1.54, 1.807) is 0 Å². The smallest absolute Gasteiger partial charge is 0.106 e. The van der Waals surface area contributed by atoms with Gasteiger partial charge in [-0.05, 0) is 26.3 Å². The zero-order chi connectivity index (χ0) is 9.30. The maximum Gasteiger partial charge on any atom is 0.106 e. The van der Waals surface area contributed by atoms with E-state index in [-0.39, 0.29) is 0 Å². The molecule has 0 aliphatic heterocycles. The lowest BCUT2D eigenvalue weighted by Gasteiger charge is -1.96. The van der Waals surface area contributed by atoms with E-state index in [4.69, 9.17) is 11.6 Å². The average molecular weight is 185 g/mol. The predicted octanol–water partition coefficient (Wildman–Crippen LogP) is 2.90. The van der Waals surface area contributed by atoms with Gasteiger partial charge >= 0.3 is 0 Å². The Morgan fingerprint density at radius 1 is 1.67 bits per heavy atom. The maximum absolute atomic E-state index is 6.04. The molecular formula is C9H13ClN2. The summed E-state index contributed by atoms with van der Waals surface area (Å²) in [4.78, 5) is 0. The van der Waals surface area contributed by atoms with Gasteiger partial charge in [-0.1, -0.05) is 18.2 Å². The molecular weight excluding hydrogens is 172 g/mol. The molecule has 0 radical (unpaired) electrons. The third-order valence-electron chi connectivity index (χ3n) is 1.84. The van der Waals surface area contributed by atoms with Crippen molar-refractivity contribution in [2.24, 2.45) is 0 Å². The second kappa shape index (κ2) is 3.31. The minimum absolute atomic E-state index is 0.726. The van der Waals surface area contributed by atoms with Crippen molar-refractivity contribution in [3.05, 3.63) is 23.0 Å². The molecule has 0 amide bonds. The first-order valence-electron chi connectivity index (χ1n) is 3.96. The van der Waals surface area contributed by atoms with Crippen LogP contribution in [-0.4, -0.2) is 9.78 Å². The van der Waals surface area contributed by atoms with E-state index in [9.17, 15) is 0 Å². The van der Waals surface area contributed by atoms with Gasteiger partial charge in [0.15, 0.2) is 0 Å². The van der Waals surface area contributed by atoms with Gasteiger partial charge < -0.3 is 0 Å². The fraction of sp³-hybridized carbons (Fsp3) is 0.444. The molecule has 12 heavy (non-hydrogen) atoms. The molecule has 0 saturated carbocycles. The van der Waals surface area contributed by atoms with Crippen molar-refractivity contribution < 1.29 is 0 Å². The molecule has 3 heteroatoms. The Kier molecular flexibility index (Phi) is 2.58. The standard InChI is InChI=1S/C9H13ClN2/c1-5-12-7(4)8(10)9(11-12)6(2)3/h2,5H2,1,3-4H3. The van der Waals surface area contributed by atoms with Crippen molar-refractivity contribution in [2.75, 3.05) is 0 Å². The summed E-state index contributed by atoms with van der Waals surface area (Å²) >= 11 is 6.04. The number of rotatable bonds is 2. The summed E-state index contributed by atoms with van der Waals surface area (Å²) in [6, 6.07) is 0. The summed E-state index contributed by atoms with van der Waals surface area (Å²) in [5.74, 6) is 0. The SMILES string of the molecule is C=C(C)c1nn(CC)c(C)c1Cl. The first-order valence-corrected chi connectivity index (χ1v) is 4.34. The van der Waals surface area contributed by atoms with Gasteiger partial charge in [0.05, 0.1) is 10.7 Å². The van der Waals surface area contributed by atoms with E-state index in [1.165, 1.54) is 0 Å². The highest BCUT2D eigenvalue weighted by atomic mass is 35.5. The average Bonchev–Trinajstić information content (AvgIpc) is 2.30. The molecule has 1 aromatic rings. The molecule has 0 unspecified atom stereocenters. The van der Waals surface area contributed by atoms with Crippen LogP contribution in [0.3, 0.4) is 0 Å². The maximum atomic E-state index is 6.04. The Bertz CT molecular complexity index is 313. The Morgan fingerprint density at radius 2 is 2.25 bits per heavy atom. The first-order chi connectivity index (χ1) is 5.57. The second-order valence-corrected chi connectivity index (χ2v) is 3.22. The summed E-state index contributed by atoms with van der Waals surface area (Å²) in [5.41, 5.74) is 2.74. The summed E-state index contributed by atoms with van der Waals surface area (Å²) in [5, 5.41) is 5.04. The summed E-state index contributed by atoms with van der Waals surface area (Å²) in [6.07, 6.45) is 0. The molecule has 0 bridgehead atoms. The van der Waals surface area contributed by atoms with E-state index < -0.39 is 0 Å². The summed E-state index contributed by atoms with van der Waals surface area (Å²) in [6.45, 7) is 10.6. The van der Waals surface area contributed by atoms with Gasteiger partial charge in [0.2, 0.25) is 0 Å². The quantitative estimate of drug-likeness (QED) is 0.691. The van der Waals surface area contributed by atoms with Crippen molar-refractivity contribution in [3.63, 3.8) is 0 Å². The van der Waals surface area contributed by atoms with Crippen LogP contribution in [0.1, 0.15) is 25.2 Å². The van der Waals surface area contributed by atoms with Crippen LogP contribution in [0.2, 0.25) is 5.02 Å². The van der Waals surface area contributed by atoms with Gasteiger partial charge in [-0.2, -0.15) is 5.10 Å². The molecule has 0 fully saturated rings. The van der Waals surface area contributed by atoms with Crippen molar-refractivity contribution in [3.8, 4) is 0 Å². The number of hydrogen-bond donors (Lipinski definition) is 0. The molecule has 1 heterocycles. The van der Waals surface area contributed by atoms with Crippen LogP contribution in [0.5, 0.6) is 0 Å². The van der Waals surface area contributed by atoms with Crippen LogP contribution in [0.4, 0.5) is 0 Å². The van der Waals surface area contributed by atoms with E-state index in [0.717, 1.165) is 28.5 Å². The van der Waals surface area contributed by atoms with E-state index >= 15 is 0 Å². The molecule has 0 atom stereocenters. The molecule has 0 aliphatic carbocycles. The predicted molar refractivity (Wildman–Crippen MR) is 52.4 cm³/mol. The summed E-state index contributed by atoms with van der Waals surface area (Å²) in [7, 11) is 0. The zero-order valence-electron chi connectivity index (χ0n) is 7.69. The number of nitrogens with zero attached hydrogens (tertiary/aromatic N) is 2. The number of hydrogen-bond acceptors (Lipinski definition) is 1. The Morgan fingerprint density at radius 3 is 2.50 bits per heavy atom. The highest BCUT2D eigenvalue weighted by molar-refractivity contribution is 6.32. The monoisotopic (exact) mass is 184 g/mol. The van der Waals surface area contributed by atoms with Gasteiger partial charge in [-0.3, -0.25) is 4.68 Å². The normalized spacial score (nSPS) is 10.3. The van der Waals surface area contributed by atoms with Crippen LogP contribution < -0.4 is 0 Å². The van der Waals surface area contributed by atoms with E-state index in [2.05, 4.69) is 11.7 Å². The van der Waals surface area contributed by atoms with Gasteiger partial charge in [0.1, 0.15) is 5.69 Å². The topological polar surface area (TPSA) is 17.8 Å². The van der Waals surface area contributed by atoms with Crippen molar-refractivity contribution >= 4 is 17.2 Å². The third kappa shape index (κ3) is 1.39. The Balaban J connectivity index is 3.25. The van der Waals surface area contributed by atoms with Gasteiger partial charge in [0, 0.05) is 6.54 Å². The highest BCUT2D eigenvalue weighted by Gasteiger charge is 2.11. The molecule has 0 N–H and O–H groups in total. The zero-order valence-corrected chi connectivity index (χ0v) is 8.44. The lowest BCUT2D eigenvalue weighted by molar-refractivity contribution is 0.637. The molecule has 0 spiro atoms. The first kappa shape index (κ1) is 9.33. The lowest BCUT2D eigenvalue weighted by atomic mass is 10.2. The Labute approximate surface area is 77.8 Å². The van der Waals surface area contributed by atoms with Crippen molar-refractivity contribution in [1.29, 1.82) is 0 Å². The fourth-order valence-electron chi connectivity index (χ4n) is 1.10. The largest absolute Gasteiger partial charge is 0.268 e. The van der Waals surface area contributed by atoms with Crippen LogP contribution in [0.25, 0.3) is 5.57 Å². The van der Waals surface area contributed by atoms with Gasteiger partial charge in [-0.15, -0.1) is 0 Å². The molecule has 0 aromatic carbocycles. The number of halogens is 1. The van der Waals surface area contributed by atoms with E-state index in [0.29, 0.717) is 0 Å². The number of allylic oxidation sites excluding steroid dienone is 1. The van der Waals surface area contributed by atoms with Crippen LogP contribution in [0.15, 0.2) is 6.58 Å². The molecule has 1 rings (SSSR count). The van der Waals surface area contributed by atoms with Gasteiger partial charge in [0.25, 0.3) is 0 Å². The third-order valence-corrected chi connectivity index (χ3v) is 2.29. The molecule has 66 valence electrons. The van der Waals surface area contributed by atoms with Crippen molar-refractivity contribution in [1.82, 2.24) is 9.78 Å². The number of aromatic nitrogens is 2. The molecule has 1 aromatic heterocycles.